The highest BCUT2D eigenvalue weighted by Gasteiger charge is 2.34. The number of para-hydroxylation sites is 2. The van der Waals surface area contributed by atoms with E-state index in [4.69, 9.17) is 21.3 Å². The van der Waals surface area contributed by atoms with Gasteiger partial charge < -0.3 is 14.2 Å². The number of rotatable bonds is 6. The molecule has 5 nitrogen and oxygen atoms in total. The number of amides is 1. The quantitative estimate of drug-likeness (QED) is 0.360. The molecule has 0 radical (unpaired) electrons. The zero-order chi connectivity index (χ0) is 22.9. The van der Waals surface area contributed by atoms with Gasteiger partial charge in [-0.2, -0.15) is 0 Å². The lowest BCUT2D eigenvalue weighted by molar-refractivity contribution is -0.117. The fourth-order valence-electron chi connectivity index (χ4n) is 4.52. The number of carbonyl (C=O) groups excluding carboxylic acids is 1. The predicted molar refractivity (Wildman–Crippen MR) is 132 cm³/mol. The maximum atomic E-state index is 12.9. The zero-order valence-electron chi connectivity index (χ0n) is 18.8. The average molecular weight is 460 g/mol. The molecule has 1 amide bonds. The summed E-state index contributed by atoms with van der Waals surface area (Å²) in [6, 6.07) is 21.8. The molecule has 3 aromatic carbocycles. The minimum Gasteiger partial charge on any atom is -0.491 e. The predicted octanol–water partition coefficient (Wildman–Crippen LogP) is 5.91. The lowest BCUT2D eigenvalue weighted by Crippen LogP contribution is -2.24. The Kier molecular flexibility index (Phi) is 5.81. The number of hydrogen-bond donors (Lipinski definition) is 0. The molecule has 0 saturated carbocycles. The zero-order valence-corrected chi connectivity index (χ0v) is 19.5. The molecule has 0 N–H and O–H groups in total. The van der Waals surface area contributed by atoms with Crippen molar-refractivity contribution in [3.63, 3.8) is 0 Å². The number of benzene rings is 3. The minimum absolute atomic E-state index is 0.00425. The van der Waals surface area contributed by atoms with Gasteiger partial charge in [-0.1, -0.05) is 41.9 Å². The van der Waals surface area contributed by atoms with Crippen LogP contribution in [0.3, 0.4) is 0 Å². The fraction of sp³-hybridized carbons (Fsp3) is 0.259. The van der Waals surface area contributed by atoms with E-state index in [-0.39, 0.29) is 11.8 Å². The molecule has 168 valence electrons. The van der Waals surface area contributed by atoms with Crippen LogP contribution < -0.4 is 9.64 Å². The minimum atomic E-state index is 0.00425. The van der Waals surface area contributed by atoms with Gasteiger partial charge in [0.05, 0.1) is 17.6 Å². The molecule has 1 fully saturated rings. The van der Waals surface area contributed by atoms with Crippen LogP contribution in [0.1, 0.15) is 29.3 Å². The van der Waals surface area contributed by atoms with Gasteiger partial charge in [-0.3, -0.25) is 4.79 Å². The Morgan fingerprint density at radius 2 is 1.91 bits per heavy atom. The van der Waals surface area contributed by atoms with Crippen LogP contribution in [0.25, 0.3) is 11.0 Å². The third-order valence-corrected chi connectivity index (χ3v) is 6.45. The van der Waals surface area contributed by atoms with Crippen molar-refractivity contribution >= 4 is 34.2 Å². The number of hydrogen-bond acceptors (Lipinski definition) is 3. The van der Waals surface area contributed by atoms with E-state index in [0.29, 0.717) is 31.1 Å². The molecule has 33 heavy (non-hydrogen) atoms. The first-order valence-corrected chi connectivity index (χ1v) is 11.6. The summed E-state index contributed by atoms with van der Waals surface area (Å²) >= 11 is 6.16. The number of halogens is 1. The first kappa shape index (κ1) is 21.5. The van der Waals surface area contributed by atoms with E-state index in [0.717, 1.165) is 33.9 Å². The first-order valence-electron chi connectivity index (χ1n) is 11.2. The molecule has 6 heteroatoms. The molecular weight excluding hydrogens is 434 g/mol. The van der Waals surface area contributed by atoms with Crippen molar-refractivity contribution in [2.75, 3.05) is 18.1 Å². The molecule has 1 aliphatic rings. The highest BCUT2D eigenvalue weighted by Crippen LogP contribution is 2.34. The van der Waals surface area contributed by atoms with Gasteiger partial charge in [-0.05, 0) is 61.4 Å². The van der Waals surface area contributed by atoms with Crippen LogP contribution in [-0.2, 0) is 11.3 Å². The molecule has 0 aliphatic carbocycles. The SMILES string of the molecule is Cc1ccc(C)c(OCCn2c([C@@H]3CC(=O)N(c4cccc(Cl)c4)C3)nc3ccccc32)c1. The molecule has 0 unspecified atom stereocenters. The van der Waals surface area contributed by atoms with Crippen molar-refractivity contribution in [1.82, 2.24) is 9.55 Å². The molecule has 0 spiro atoms. The molecule has 1 aromatic heterocycles. The second-order valence-corrected chi connectivity index (χ2v) is 9.05. The average Bonchev–Trinajstić information content (AvgIpc) is 3.37. The van der Waals surface area contributed by atoms with E-state index >= 15 is 0 Å². The van der Waals surface area contributed by atoms with E-state index in [1.54, 1.807) is 0 Å². The van der Waals surface area contributed by atoms with Crippen LogP contribution >= 0.6 is 11.6 Å². The third-order valence-electron chi connectivity index (χ3n) is 6.21. The Bertz CT molecular complexity index is 1330. The summed E-state index contributed by atoms with van der Waals surface area (Å²) in [6.07, 6.45) is 0.424. The summed E-state index contributed by atoms with van der Waals surface area (Å²) < 4.78 is 8.35. The third kappa shape index (κ3) is 4.33. The highest BCUT2D eigenvalue weighted by molar-refractivity contribution is 6.30. The van der Waals surface area contributed by atoms with Gasteiger partial charge in [0.25, 0.3) is 0 Å². The van der Waals surface area contributed by atoms with Crippen LogP contribution in [0.4, 0.5) is 5.69 Å². The van der Waals surface area contributed by atoms with Crippen LogP contribution in [-0.4, -0.2) is 28.6 Å². The molecule has 2 heterocycles. The van der Waals surface area contributed by atoms with Crippen LogP contribution in [0, 0.1) is 13.8 Å². The number of imidazole rings is 1. The number of carbonyl (C=O) groups is 1. The lowest BCUT2D eigenvalue weighted by atomic mass is 10.1. The van der Waals surface area contributed by atoms with Gasteiger partial charge in [0.2, 0.25) is 5.91 Å². The Hall–Kier alpha value is -3.31. The van der Waals surface area contributed by atoms with Gasteiger partial charge in [-0.25, -0.2) is 4.98 Å². The Morgan fingerprint density at radius 3 is 2.76 bits per heavy atom. The van der Waals surface area contributed by atoms with E-state index < -0.39 is 0 Å². The molecule has 0 bridgehead atoms. The normalized spacial score (nSPS) is 16.0. The maximum Gasteiger partial charge on any atom is 0.227 e. The van der Waals surface area contributed by atoms with E-state index in [1.165, 1.54) is 5.56 Å². The Balaban J connectivity index is 1.41. The molecular formula is C27H26ClN3O2. The van der Waals surface area contributed by atoms with Crippen molar-refractivity contribution in [1.29, 1.82) is 0 Å². The molecule has 1 saturated heterocycles. The molecule has 4 aromatic rings. The fourth-order valence-corrected chi connectivity index (χ4v) is 4.71. The number of aryl methyl sites for hydroxylation is 2. The number of anilines is 1. The summed E-state index contributed by atoms with van der Waals surface area (Å²) in [6.45, 7) is 5.89. The standard InChI is InChI=1S/C27H26ClN3O2/c1-18-10-11-19(2)25(14-18)33-13-12-30-24-9-4-3-8-23(24)29-27(30)20-15-26(32)31(17-20)22-7-5-6-21(28)16-22/h3-11,14,16,20H,12-13,15,17H2,1-2H3/t20-/m1/s1. The van der Waals surface area contributed by atoms with Crippen molar-refractivity contribution in [3.05, 3.63) is 88.7 Å². The number of fused-ring (bicyclic) bond motifs is 1. The smallest absolute Gasteiger partial charge is 0.227 e. The number of aromatic nitrogens is 2. The van der Waals surface area contributed by atoms with Gasteiger partial charge in [0, 0.05) is 29.6 Å². The van der Waals surface area contributed by atoms with Gasteiger partial charge in [-0.15, -0.1) is 0 Å². The van der Waals surface area contributed by atoms with Crippen LogP contribution in [0.15, 0.2) is 66.7 Å². The van der Waals surface area contributed by atoms with Gasteiger partial charge in [0.15, 0.2) is 0 Å². The second kappa shape index (κ2) is 8.91. The summed E-state index contributed by atoms with van der Waals surface area (Å²) in [4.78, 5) is 19.6. The van der Waals surface area contributed by atoms with E-state index in [2.05, 4.69) is 42.7 Å². The van der Waals surface area contributed by atoms with Crippen molar-refractivity contribution in [2.24, 2.45) is 0 Å². The molecule has 5 rings (SSSR count). The van der Waals surface area contributed by atoms with Crippen molar-refractivity contribution < 1.29 is 9.53 Å². The second-order valence-electron chi connectivity index (χ2n) is 8.61. The Labute approximate surface area is 198 Å². The van der Waals surface area contributed by atoms with Gasteiger partial charge in [0.1, 0.15) is 18.2 Å². The summed E-state index contributed by atoms with van der Waals surface area (Å²) in [5, 5.41) is 0.625. The van der Waals surface area contributed by atoms with Gasteiger partial charge >= 0.3 is 0 Å². The van der Waals surface area contributed by atoms with E-state index in [9.17, 15) is 4.79 Å². The monoisotopic (exact) mass is 459 g/mol. The molecule has 1 atom stereocenters. The summed E-state index contributed by atoms with van der Waals surface area (Å²) in [7, 11) is 0. The first-order chi connectivity index (χ1) is 16.0. The van der Waals surface area contributed by atoms with Crippen molar-refractivity contribution in [3.8, 4) is 5.75 Å². The lowest BCUT2D eigenvalue weighted by Gasteiger charge is -2.18. The van der Waals surface area contributed by atoms with Crippen molar-refractivity contribution in [2.45, 2.75) is 32.7 Å². The topological polar surface area (TPSA) is 47.4 Å². The number of ether oxygens (including phenoxy) is 1. The maximum absolute atomic E-state index is 12.9. The molecule has 1 aliphatic heterocycles. The highest BCUT2D eigenvalue weighted by atomic mass is 35.5. The number of nitrogens with zero attached hydrogens (tertiary/aromatic N) is 3. The Morgan fingerprint density at radius 1 is 1.06 bits per heavy atom. The van der Waals surface area contributed by atoms with E-state index in [1.807, 2.05) is 47.4 Å². The van der Waals surface area contributed by atoms with Crippen LogP contribution in [0.5, 0.6) is 5.75 Å². The largest absolute Gasteiger partial charge is 0.491 e. The summed E-state index contributed by atoms with van der Waals surface area (Å²) in [5.41, 5.74) is 5.12. The summed E-state index contributed by atoms with van der Waals surface area (Å²) in [5.74, 6) is 1.93. The van der Waals surface area contributed by atoms with Crippen LogP contribution in [0.2, 0.25) is 5.02 Å².